The number of hydrogen-bond acceptors (Lipinski definition) is 4. The van der Waals surface area contributed by atoms with Gasteiger partial charge in [-0.25, -0.2) is 4.39 Å². The normalized spacial score (nSPS) is 10.6. The Bertz CT molecular complexity index is 559. The van der Waals surface area contributed by atoms with Gasteiger partial charge < -0.3 is 9.47 Å². The van der Waals surface area contributed by atoms with E-state index >= 15 is 0 Å². The Hall–Kier alpha value is -1.91. The van der Waals surface area contributed by atoms with E-state index in [1.165, 1.54) is 69.6 Å². The molecule has 158 valence electrons. The van der Waals surface area contributed by atoms with Crippen molar-refractivity contribution >= 4 is 11.9 Å². The minimum atomic E-state index is -0.577. The number of carbonyl (C=O) groups excluding carboxylic acids is 2. The molecule has 1 rings (SSSR count). The van der Waals surface area contributed by atoms with E-state index in [0.29, 0.717) is 13.0 Å². The van der Waals surface area contributed by atoms with Crippen molar-refractivity contribution in [3.05, 3.63) is 30.1 Å². The number of esters is 2. The van der Waals surface area contributed by atoms with Crippen molar-refractivity contribution in [2.45, 2.75) is 90.4 Å². The second kappa shape index (κ2) is 16.1. The van der Waals surface area contributed by atoms with Crippen molar-refractivity contribution in [3.8, 4) is 5.75 Å². The first-order valence-corrected chi connectivity index (χ1v) is 10.7. The number of unbranched alkanes of at least 4 members (excludes halogenated alkanes) is 9. The molecule has 1 aromatic rings. The molecule has 0 aliphatic heterocycles. The number of rotatable bonds is 16. The molecule has 0 aliphatic rings. The lowest BCUT2D eigenvalue weighted by atomic mass is 10.1. The molecule has 1 aromatic carbocycles. The molecule has 0 N–H and O–H groups in total. The van der Waals surface area contributed by atoms with Crippen molar-refractivity contribution in [1.29, 1.82) is 0 Å². The molecule has 0 fully saturated rings. The van der Waals surface area contributed by atoms with Gasteiger partial charge in [0.1, 0.15) is 0 Å². The maximum Gasteiger partial charge on any atom is 0.311 e. The molecule has 0 radical (unpaired) electrons. The lowest BCUT2D eigenvalue weighted by molar-refractivity contribution is -0.144. The van der Waals surface area contributed by atoms with Gasteiger partial charge in [0.15, 0.2) is 11.6 Å². The third kappa shape index (κ3) is 12.5. The van der Waals surface area contributed by atoms with Crippen LogP contribution in [0.3, 0.4) is 0 Å². The highest BCUT2D eigenvalue weighted by Crippen LogP contribution is 2.16. The topological polar surface area (TPSA) is 52.6 Å². The summed E-state index contributed by atoms with van der Waals surface area (Å²) in [5.74, 6) is -1.51. The van der Waals surface area contributed by atoms with Gasteiger partial charge in [0, 0.05) is 12.8 Å². The molecule has 0 bridgehead atoms. The predicted octanol–water partition coefficient (Wildman–Crippen LogP) is 6.37. The Labute approximate surface area is 168 Å². The molecule has 0 aromatic heterocycles. The highest BCUT2D eigenvalue weighted by atomic mass is 19.1. The van der Waals surface area contributed by atoms with Crippen molar-refractivity contribution in [2.24, 2.45) is 0 Å². The van der Waals surface area contributed by atoms with Crippen LogP contribution in [-0.2, 0) is 14.3 Å². The van der Waals surface area contributed by atoms with Gasteiger partial charge in [-0.2, -0.15) is 0 Å². The Morgan fingerprint density at radius 1 is 0.786 bits per heavy atom. The van der Waals surface area contributed by atoms with Gasteiger partial charge in [0.25, 0.3) is 0 Å². The fourth-order valence-corrected chi connectivity index (χ4v) is 2.93. The van der Waals surface area contributed by atoms with Gasteiger partial charge in [0.05, 0.1) is 6.61 Å². The van der Waals surface area contributed by atoms with Crippen LogP contribution < -0.4 is 4.74 Å². The van der Waals surface area contributed by atoms with Crippen LogP contribution in [0.4, 0.5) is 4.39 Å². The van der Waals surface area contributed by atoms with E-state index in [1.807, 2.05) is 0 Å². The summed E-state index contributed by atoms with van der Waals surface area (Å²) < 4.78 is 23.5. The van der Waals surface area contributed by atoms with Crippen LogP contribution in [0.15, 0.2) is 24.3 Å². The molecule has 0 heterocycles. The summed E-state index contributed by atoms with van der Waals surface area (Å²) in [5.41, 5.74) is 0. The summed E-state index contributed by atoms with van der Waals surface area (Å²) in [4.78, 5) is 23.3. The van der Waals surface area contributed by atoms with Crippen LogP contribution in [0, 0.1) is 5.82 Å². The summed E-state index contributed by atoms with van der Waals surface area (Å²) >= 11 is 0. The quantitative estimate of drug-likeness (QED) is 0.186. The Kier molecular flexibility index (Phi) is 13.9. The van der Waals surface area contributed by atoms with Crippen LogP contribution in [0.5, 0.6) is 5.75 Å². The number of para-hydroxylation sites is 1. The Morgan fingerprint density at radius 3 is 2.00 bits per heavy atom. The molecule has 0 amide bonds. The molecule has 0 saturated heterocycles. The standard InChI is InChI=1S/C23H35FO4/c1-2-3-4-5-6-7-8-9-10-13-19-27-22(25)17-14-18-23(26)28-21-16-12-11-15-20(21)24/h11-12,15-16H,2-10,13-14,17-19H2,1H3. The first kappa shape index (κ1) is 24.1. The number of carbonyl (C=O) groups is 2. The maximum absolute atomic E-state index is 13.4. The summed E-state index contributed by atoms with van der Waals surface area (Å²) in [6, 6.07) is 5.75. The van der Waals surface area contributed by atoms with Gasteiger partial charge in [-0.15, -0.1) is 0 Å². The van der Waals surface area contributed by atoms with E-state index in [9.17, 15) is 14.0 Å². The second-order valence-corrected chi connectivity index (χ2v) is 7.16. The van der Waals surface area contributed by atoms with Crippen molar-refractivity contribution in [3.63, 3.8) is 0 Å². The molecule has 0 spiro atoms. The molecular formula is C23H35FO4. The van der Waals surface area contributed by atoms with Gasteiger partial charge in [-0.3, -0.25) is 9.59 Å². The van der Waals surface area contributed by atoms with Crippen LogP contribution in [-0.4, -0.2) is 18.5 Å². The fraction of sp³-hybridized carbons (Fsp3) is 0.652. The summed E-state index contributed by atoms with van der Waals surface area (Å²) in [6.07, 6.45) is 12.9. The number of hydrogen-bond donors (Lipinski definition) is 0. The number of halogens is 1. The third-order valence-electron chi connectivity index (χ3n) is 4.58. The monoisotopic (exact) mass is 394 g/mol. The van der Waals surface area contributed by atoms with E-state index in [1.54, 1.807) is 6.07 Å². The summed E-state index contributed by atoms with van der Waals surface area (Å²) in [5, 5.41) is 0. The largest absolute Gasteiger partial charge is 0.466 e. The van der Waals surface area contributed by atoms with Crippen molar-refractivity contribution < 1.29 is 23.5 Å². The van der Waals surface area contributed by atoms with Crippen LogP contribution >= 0.6 is 0 Å². The van der Waals surface area contributed by atoms with Crippen LogP contribution in [0.25, 0.3) is 0 Å². The molecule has 4 nitrogen and oxygen atoms in total. The minimum absolute atomic E-state index is 0.0572. The van der Waals surface area contributed by atoms with E-state index in [-0.39, 0.29) is 24.6 Å². The zero-order valence-electron chi connectivity index (χ0n) is 17.2. The van der Waals surface area contributed by atoms with Crippen LogP contribution in [0.2, 0.25) is 0 Å². The minimum Gasteiger partial charge on any atom is -0.466 e. The summed E-state index contributed by atoms with van der Waals surface area (Å²) in [7, 11) is 0. The third-order valence-corrected chi connectivity index (χ3v) is 4.58. The SMILES string of the molecule is CCCCCCCCCCCCOC(=O)CCCC(=O)Oc1ccccc1F. The molecule has 0 saturated carbocycles. The zero-order chi connectivity index (χ0) is 20.5. The van der Waals surface area contributed by atoms with Gasteiger partial charge >= 0.3 is 11.9 Å². The van der Waals surface area contributed by atoms with Gasteiger partial charge in [-0.05, 0) is 25.0 Å². The fourth-order valence-electron chi connectivity index (χ4n) is 2.93. The molecule has 28 heavy (non-hydrogen) atoms. The first-order chi connectivity index (χ1) is 13.6. The molecular weight excluding hydrogens is 359 g/mol. The maximum atomic E-state index is 13.4. The van der Waals surface area contributed by atoms with Gasteiger partial charge in [0.2, 0.25) is 0 Å². The predicted molar refractivity (Wildman–Crippen MR) is 109 cm³/mol. The highest BCUT2D eigenvalue weighted by Gasteiger charge is 2.10. The van der Waals surface area contributed by atoms with E-state index in [2.05, 4.69) is 6.92 Å². The van der Waals surface area contributed by atoms with Crippen molar-refractivity contribution in [2.75, 3.05) is 6.61 Å². The zero-order valence-corrected chi connectivity index (χ0v) is 17.2. The average molecular weight is 395 g/mol. The first-order valence-electron chi connectivity index (χ1n) is 10.7. The lowest BCUT2D eigenvalue weighted by Crippen LogP contribution is -2.11. The molecule has 0 atom stereocenters. The molecule has 0 aliphatic carbocycles. The summed E-state index contributed by atoms with van der Waals surface area (Å²) in [6.45, 7) is 2.67. The lowest BCUT2D eigenvalue weighted by Gasteiger charge is -2.06. The average Bonchev–Trinajstić information content (AvgIpc) is 2.68. The number of benzene rings is 1. The van der Waals surface area contributed by atoms with E-state index in [4.69, 9.17) is 9.47 Å². The smallest absolute Gasteiger partial charge is 0.311 e. The Balaban J connectivity index is 1.93. The van der Waals surface area contributed by atoms with Crippen molar-refractivity contribution in [1.82, 2.24) is 0 Å². The van der Waals surface area contributed by atoms with Gasteiger partial charge in [-0.1, -0.05) is 76.8 Å². The van der Waals surface area contributed by atoms with E-state index < -0.39 is 11.8 Å². The van der Waals surface area contributed by atoms with E-state index in [0.717, 1.165) is 12.8 Å². The number of ether oxygens (including phenoxy) is 2. The second-order valence-electron chi connectivity index (χ2n) is 7.16. The Morgan fingerprint density at radius 2 is 1.36 bits per heavy atom. The molecule has 5 heteroatoms. The highest BCUT2D eigenvalue weighted by molar-refractivity contribution is 5.74. The molecule has 0 unspecified atom stereocenters. The van der Waals surface area contributed by atoms with Crippen LogP contribution in [0.1, 0.15) is 90.4 Å².